The van der Waals surface area contributed by atoms with Crippen LogP contribution in [0.5, 0.6) is 0 Å². The molecule has 0 bridgehead atoms. The van der Waals surface area contributed by atoms with Crippen LogP contribution in [0, 0.1) is 6.92 Å². The fraction of sp³-hybridized carbons (Fsp3) is 0.611. The lowest BCUT2D eigenvalue weighted by Gasteiger charge is -2.36. The number of aromatic nitrogens is 2. The molecule has 11 heteroatoms. The third-order valence-corrected chi connectivity index (χ3v) is 5.41. The maximum absolute atomic E-state index is 12.7. The predicted octanol–water partition coefficient (Wildman–Crippen LogP) is 2.78. The fourth-order valence-electron chi connectivity index (χ4n) is 3.08. The molecular formula is C18H25F3N6OS. The highest BCUT2D eigenvalue weighted by Crippen LogP contribution is 2.30. The number of aryl methyl sites for hydroxylation is 1. The van der Waals surface area contributed by atoms with Crippen molar-refractivity contribution in [1.82, 2.24) is 25.3 Å². The first kappa shape index (κ1) is 21.6. The first-order valence-corrected chi connectivity index (χ1v) is 10.4. The van der Waals surface area contributed by atoms with Crippen molar-refractivity contribution < 1.29 is 17.7 Å². The van der Waals surface area contributed by atoms with Crippen LogP contribution < -0.4 is 5.32 Å². The summed E-state index contributed by atoms with van der Waals surface area (Å²) in [5, 5.41) is 8.81. The second-order valence-electron chi connectivity index (χ2n) is 6.80. The molecule has 0 radical (unpaired) electrons. The number of aliphatic imine (C=N–C) groups is 1. The SMILES string of the molecule is CCNC(=NCCc1nc(C(F)(F)F)cs1)N1CCN(Cc2cc(C)on2)CC1. The molecule has 1 aliphatic rings. The first-order valence-electron chi connectivity index (χ1n) is 9.54. The van der Waals surface area contributed by atoms with E-state index in [0.29, 0.717) is 18.0 Å². The van der Waals surface area contributed by atoms with Gasteiger partial charge in [-0.1, -0.05) is 5.16 Å². The van der Waals surface area contributed by atoms with E-state index in [1.165, 1.54) is 0 Å². The van der Waals surface area contributed by atoms with Gasteiger partial charge in [0.15, 0.2) is 11.7 Å². The number of nitrogens with zero attached hydrogens (tertiary/aromatic N) is 5. The Morgan fingerprint density at radius 2 is 2.07 bits per heavy atom. The summed E-state index contributed by atoms with van der Waals surface area (Å²) in [6.45, 7) is 9.13. The highest BCUT2D eigenvalue weighted by atomic mass is 32.1. The van der Waals surface area contributed by atoms with E-state index in [9.17, 15) is 13.2 Å². The minimum Gasteiger partial charge on any atom is -0.361 e. The topological polar surface area (TPSA) is 69.8 Å². The van der Waals surface area contributed by atoms with Crippen LogP contribution in [-0.4, -0.2) is 65.2 Å². The zero-order valence-electron chi connectivity index (χ0n) is 16.5. The van der Waals surface area contributed by atoms with E-state index in [-0.39, 0.29) is 0 Å². The third kappa shape index (κ3) is 6.17. The number of thiazole rings is 1. The van der Waals surface area contributed by atoms with E-state index in [4.69, 9.17) is 4.52 Å². The minimum absolute atomic E-state index is 0.390. The number of halogens is 3. The molecule has 7 nitrogen and oxygen atoms in total. The zero-order chi connectivity index (χ0) is 20.9. The lowest BCUT2D eigenvalue weighted by Crippen LogP contribution is -2.52. The number of alkyl halides is 3. The van der Waals surface area contributed by atoms with Gasteiger partial charge in [-0.25, -0.2) is 4.98 Å². The Bertz CT molecular complexity index is 811. The zero-order valence-corrected chi connectivity index (χ0v) is 17.3. The number of nitrogens with one attached hydrogen (secondary N) is 1. The summed E-state index contributed by atoms with van der Waals surface area (Å²) in [5.74, 6) is 1.60. The lowest BCUT2D eigenvalue weighted by molar-refractivity contribution is -0.140. The van der Waals surface area contributed by atoms with Crippen molar-refractivity contribution in [2.24, 2.45) is 4.99 Å². The summed E-state index contributed by atoms with van der Waals surface area (Å²) in [6, 6.07) is 1.95. The maximum atomic E-state index is 12.7. The number of hydrogen-bond donors (Lipinski definition) is 1. The second kappa shape index (κ2) is 9.57. The van der Waals surface area contributed by atoms with Crippen LogP contribution in [0.1, 0.15) is 29.1 Å². The Kier molecular flexibility index (Phi) is 7.12. The molecule has 0 aliphatic carbocycles. The van der Waals surface area contributed by atoms with E-state index >= 15 is 0 Å². The quantitative estimate of drug-likeness (QED) is 0.562. The Balaban J connectivity index is 1.51. The standard InChI is InChI=1S/C18H25F3N6OS/c1-3-22-17(23-5-4-16-24-15(12-29-16)18(19,20)21)27-8-6-26(7-9-27)11-14-10-13(2)28-25-14/h10,12H,3-9,11H2,1-2H3,(H,22,23). The molecule has 0 atom stereocenters. The highest BCUT2D eigenvalue weighted by molar-refractivity contribution is 7.09. The van der Waals surface area contributed by atoms with Crippen molar-refractivity contribution in [2.45, 2.75) is 33.0 Å². The van der Waals surface area contributed by atoms with Crippen molar-refractivity contribution >= 4 is 17.3 Å². The van der Waals surface area contributed by atoms with Gasteiger partial charge < -0.3 is 14.7 Å². The molecular weight excluding hydrogens is 405 g/mol. The summed E-state index contributed by atoms with van der Waals surface area (Å²) in [4.78, 5) is 12.7. The Morgan fingerprint density at radius 1 is 1.31 bits per heavy atom. The molecule has 2 aromatic heterocycles. The normalized spacial score (nSPS) is 16.4. The fourth-order valence-corrected chi connectivity index (χ4v) is 3.87. The van der Waals surface area contributed by atoms with Gasteiger partial charge in [0.1, 0.15) is 5.76 Å². The molecule has 2 aromatic rings. The van der Waals surface area contributed by atoms with Crippen LogP contribution in [-0.2, 0) is 19.1 Å². The largest absolute Gasteiger partial charge is 0.434 e. The van der Waals surface area contributed by atoms with Gasteiger partial charge in [0, 0.05) is 63.7 Å². The van der Waals surface area contributed by atoms with Crippen molar-refractivity contribution in [1.29, 1.82) is 0 Å². The molecule has 1 fully saturated rings. The van der Waals surface area contributed by atoms with Crippen LogP contribution in [0.4, 0.5) is 13.2 Å². The molecule has 3 rings (SSSR count). The number of piperazine rings is 1. The lowest BCUT2D eigenvalue weighted by atomic mass is 10.3. The number of rotatable bonds is 6. The van der Waals surface area contributed by atoms with Crippen molar-refractivity contribution in [3.05, 3.63) is 33.6 Å². The minimum atomic E-state index is -4.39. The first-order chi connectivity index (χ1) is 13.8. The van der Waals surface area contributed by atoms with Gasteiger partial charge in [0.05, 0.1) is 10.7 Å². The van der Waals surface area contributed by atoms with Gasteiger partial charge in [-0.2, -0.15) is 13.2 Å². The molecule has 160 valence electrons. The predicted molar refractivity (Wildman–Crippen MR) is 105 cm³/mol. The van der Waals surface area contributed by atoms with E-state index in [0.717, 1.165) is 73.4 Å². The Morgan fingerprint density at radius 3 is 2.66 bits per heavy atom. The monoisotopic (exact) mass is 430 g/mol. The molecule has 0 amide bonds. The molecule has 1 saturated heterocycles. The Labute approximate surface area is 171 Å². The Hall–Kier alpha value is -2.14. The van der Waals surface area contributed by atoms with E-state index in [1.807, 2.05) is 19.9 Å². The summed E-state index contributed by atoms with van der Waals surface area (Å²) in [6.07, 6.45) is -4.00. The summed E-state index contributed by atoms with van der Waals surface area (Å²) in [7, 11) is 0. The van der Waals surface area contributed by atoms with Gasteiger partial charge in [-0.3, -0.25) is 9.89 Å². The molecule has 0 spiro atoms. The summed E-state index contributed by atoms with van der Waals surface area (Å²) >= 11 is 1.03. The summed E-state index contributed by atoms with van der Waals surface area (Å²) in [5.41, 5.74) is 0.102. The van der Waals surface area contributed by atoms with Crippen LogP contribution in [0.25, 0.3) is 0 Å². The molecule has 3 heterocycles. The van der Waals surface area contributed by atoms with Crippen LogP contribution in [0.3, 0.4) is 0 Å². The molecule has 0 aromatic carbocycles. The molecule has 0 unspecified atom stereocenters. The molecule has 1 aliphatic heterocycles. The molecule has 29 heavy (non-hydrogen) atoms. The number of guanidine groups is 1. The van der Waals surface area contributed by atoms with Crippen molar-refractivity contribution in [3.63, 3.8) is 0 Å². The second-order valence-corrected chi connectivity index (χ2v) is 7.74. The average Bonchev–Trinajstić information content (AvgIpc) is 3.31. The molecule has 0 saturated carbocycles. The van der Waals surface area contributed by atoms with Crippen LogP contribution in [0.15, 0.2) is 21.0 Å². The van der Waals surface area contributed by atoms with E-state index in [1.54, 1.807) is 0 Å². The summed E-state index contributed by atoms with van der Waals surface area (Å²) < 4.78 is 43.1. The maximum Gasteiger partial charge on any atom is 0.434 e. The third-order valence-electron chi connectivity index (χ3n) is 4.50. The van der Waals surface area contributed by atoms with Gasteiger partial charge in [-0.15, -0.1) is 11.3 Å². The van der Waals surface area contributed by atoms with Crippen molar-refractivity contribution in [2.75, 3.05) is 39.3 Å². The van der Waals surface area contributed by atoms with Crippen molar-refractivity contribution in [3.8, 4) is 0 Å². The van der Waals surface area contributed by atoms with Gasteiger partial charge in [0.25, 0.3) is 0 Å². The van der Waals surface area contributed by atoms with Gasteiger partial charge in [0.2, 0.25) is 0 Å². The highest BCUT2D eigenvalue weighted by Gasteiger charge is 2.33. The van der Waals surface area contributed by atoms with Crippen LogP contribution >= 0.6 is 11.3 Å². The van der Waals surface area contributed by atoms with Crippen LogP contribution in [0.2, 0.25) is 0 Å². The van der Waals surface area contributed by atoms with Gasteiger partial charge >= 0.3 is 6.18 Å². The molecule has 1 N–H and O–H groups in total. The van der Waals surface area contributed by atoms with E-state index in [2.05, 4.69) is 30.2 Å². The van der Waals surface area contributed by atoms with Gasteiger partial charge in [-0.05, 0) is 13.8 Å². The average molecular weight is 431 g/mol. The number of hydrogen-bond acceptors (Lipinski definition) is 6. The smallest absolute Gasteiger partial charge is 0.361 e. The van der Waals surface area contributed by atoms with E-state index < -0.39 is 11.9 Å².